The first-order chi connectivity index (χ1) is 5.83. The Bertz CT molecular complexity index is 406. The van der Waals surface area contributed by atoms with Crippen molar-refractivity contribution < 1.29 is 4.39 Å². The first-order valence-corrected chi connectivity index (χ1v) is 3.78. The average molecular weight is 164 g/mol. The van der Waals surface area contributed by atoms with Gasteiger partial charge in [-0.2, -0.15) is 0 Å². The Morgan fingerprint density at radius 1 is 1.58 bits per heavy atom. The maximum Gasteiger partial charge on any atom is 0.139 e. The normalized spacial score (nSPS) is 10.8. The van der Waals surface area contributed by atoms with Crippen LogP contribution in [-0.4, -0.2) is 9.55 Å². The Hall–Kier alpha value is -1.38. The predicted molar refractivity (Wildman–Crippen MR) is 45.5 cm³/mol. The molecule has 2 nitrogen and oxygen atoms in total. The minimum absolute atomic E-state index is 0.438. The molecule has 2 heterocycles. The quantitative estimate of drug-likeness (QED) is 0.630. The molecule has 0 aliphatic carbocycles. The van der Waals surface area contributed by atoms with Crippen LogP contribution in [0.2, 0.25) is 0 Å². The molecule has 62 valence electrons. The highest BCUT2D eigenvalue weighted by molar-refractivity contribution is 5.77. The van der Waals surface area contributed by atoms with Crippen molar-refractivity contribution in [3.8, 4) is 0 Å². The summed E-state index contributed by atoms with van der Waals surface area (Å²) in [6.45, 7) is -0.438. The lowest BCUT2D eigenvalue weighted by molar-refractivity contribution is 0.467. The molecule has 0 N–H and O–H groups in total. The third kappa shape index (κ3) is 0.897. The fraction of sp³-hybridized carbons (Fsp3) is 0.222. The van der Waals surface area contributed by atoms with Crippen LogP contribution >= 0.6 is 0 Å². The monoisotopic (exact) mass is 164 g/mol. The summed E-state index contributed by atoms with van der Waals surface area (Å²) < 4.78 is 14.1. The van der Waals surface area contributed by atoms with Gasteiger partial charge in [-0.1, -0.05) is 0 Å². The number of fused-ring (bicyclic) bond motifs is 1. The van der Waals surface area contributed by atoms with Crippen LogP contribution in [0.25, 0.3) is 11.0 Å². The van der Waals surface area contributed by atoms with Crippen LogP contribution in [0.15, 0.2) is 24.4 Å². The van der Waals surface area contributed by atoms with E-state index in [1.165, 1.54) is 0 Å². The Labute approximate surface area is 69.6 Å². The van der Waals surface area contributed by atoms with Gasteiger partial charge in [-0.25, -0.2) is 9.37 Å². The van der Waals surface area contributed by atoms with Crippen molar-refractivity contribution in [2.45, 2.75) is 6.67 Å². The molecule has 0 saturated heterocycles. The van der Waals surface area contributed by atoms with E-state index in [0.29, 0.717) is 5.69 Å². The molecule has 0 amide bonds. The fourth-order valence-electron chi connectivity index (χ4n) is 1.34. The molecule has 2 aromatic rings. The molecule has 0 fully saturated rings. The van der Waals surface area contributed by atoms with E-state index in [0.717, 1.165) is 11.0 Å². The smallest absolute Gasteiger partial charge is 0.139 e. The van der Waals surface area contributed by atoms with Crippen molar-refractivity contribution in [3.05, 3.63) is 30.1 Å². The first kappa shape index (κ1) is 7.28. The van der Waals surface area contributed by atoms with Crippen molar-refractivity contribution in [1.82, 2.24) is 9.55 Å². The van der Waals surface area contributed by atoms with Crippen molar-refractivity contribution >= 4 is 11.0 Å². The highest BCUT2D eigenvalue weighted by Crippen LogP contribution is 2.16. The highest BCUT2D eigenvalue weighted by Gasteiger charge is 2.04. The van der Waals surface area contributed by atoms with E-state index in [-0.39, 0.29) is 0 Å². The van der Waals surface area contributed by atoms with Crippen LogP contribution in [0, 0.1) is 0 Å². The Balaban J connectivity index is 2.78. The third-order valence-corrected chi connectivity index (χ3v) is 2.02. The van der Waals surface area contributed by atoms with Crippen LogP contribution in [-0.2, 0) is 13.7 Å². The van der Waals surface area contributed by atoms with Gasteiger partial charge in [0.1, 0.15) is 12.3 Å². The van der Waals surface area contributed by atoms with Gasteiger partial charge >= 0.3 is 0 Å². The molecule has 0 radical (unpaired) electrons. The SMILES string of the molecule is Cn1c(CF)cc2cccnc21. The molecule has 0 spiro atoms. The number of hydrogen-bond acceptors (Lipinski definition) is 1. The predicted octanol–water partition coefficient (Wildman–Crippen LogP) is 2.04. The number of aromatic nitrogens is 2. The lowest BCUT2D eigenvalue weighted by Crippen LogP contribution is -1.93. The zero-order valence-corrected chi connectivity index (χ0v) is 6.79. The second-order valence-electron chi connectivity index (χ2n) is 2.74. The topological polar surface area (TPSA) is 17.8 Å². The largest absolute Gasteiger partial charge is 0.330 e. The van der Waals surface area contributed by atoms with E-state index in [9.17, 15) is 4.39 Å². The molecule has 0 aliphatic rings. The van der Waals surface area contributed by atoms with Crippen molar-refractivity contribution in [3.63, 3.8) is 0 Å². The van der Waals surface area contributed by atoms with Gasteiger partial charge in [-0.3, -0.25) is 0 Å². The molecule has 2 aromatic heterocycles. The van der Waals surface area contributed by atoms with Crippen LogP contribution < -0.4 is 0 Å². The van der Waals surface area contributed by atoms with Gasteiger partial charge in [0.25, 0.3) is 0 Å². The third-order valence-electron chi connectivity index (χ3n) is 2.02. The van der Waals surface area contributed by atoms with E-state index < -0.39 is 6.67 Å². The lowest BCUT2D eigenvalue weighted by atomic mass is 10.3. The molecule has 0 saturated carbocycles. The van der Waals surface area contributed by atoms with E-state index in [2.05, 4.69) is 4.98 Å². The zero-order chi connectivity index (χ0) is 8.55. The number of pyridine rings is 1. The Morgan fingerprint density at radius 2 is 2.42 bits per heavy atom. The number of alkyl halides is 1. The molecule has 2 rings (SSSR count). The lowest BCUT2D eigenvalue weighted by Gasteiger charge is -1.96. The van der Waals surface area contributed by atoms with Gasteiger partial charge < -0.3 is 4.57 Å². The van der Waals surface area contributed by atoms with Crippen molar-refractivity contribution in [1.29, 1.82) is 0 Å². The molecule has 3 heteroatoms. The molecule has 0 aromatic carbocycles. The fourth-order valence-corrected chi connectivity index (χ4v) is 1.34. The summed E-state index contributed by atoms with van der Waals surface area (Å²) in [6.07, 6.45) is 1.71. The van der Waals surface area contributed by atoms with E-state index in [4.69, 9.17) is 0 Å². The van der Waals surface area contributed by atoms with Crippen molar-refractivity contribution in [2.75, 3.05) is 0 Å². The Kier molecular flexibility index (Phi) is 1.57. The second kappa shape index (κ2) is 2.59. The van der Waals surface area contributed by atoms with Gasteiger partial charge in [-0.05, 0) is 18.2 Å². The summed E-state index contributed by atoms with van der Waals surface area (Å²) in [5, 5.41) is 0.993. The van der Waals surface area contributed by atoms with Gasteiger partial charge in [0.05, 0.1) is 5.69 Å². The van der Waals surface area contributed by atoms with E-state index >= 15 is 0 Å². The highest BCUT2D eigenvalue weighted by atomic mass is 19.1. The van der Waals surface area contributed by atoms with Gasteiger partial charge in [0.2, 0.25) is 0 Å². The summed E-state index contributed by atoms with van der Waals surface area (Å²) in [6, 6.07) is 5.61. The van der Waals surface area contributed by atoms with Crippen LogP contribution in [0.3, 0.4) is 0 Å². The number of nitrogens with zero attached hydrogens (tertiary/aromatic N) is 2. The van der Waals surface area contributed by atoms with Crippen molar-refractivity contribution in [2.24, 2.45) is 7.05 Å². The number of aryl methyl sites for hydroxylation is 1. The Morgan fingerprint density at radius 3 is 3.08 bits per heavy atom. The van der Waals surface area contributed by atoms with E-state index in [1.54, 1.807) is 10.8 Å². The average Bonchev–Trinajstić information content (AvgIpc) is 2.44. The zero-order valence-electron chi connectivity index (χ0n) is 6.79. The molecule has 12 heavy (non-hydrogen) atoms. The minimum atomic E-state index is -0.438. The number of halogens is 1. The van der Waals surface area contributed by atoms with Gasteiger partial charge in [0, 0.05) is 18.6 Å². The van der Waals surface area contributed by atoms with Crippen LogP contribution in [0.1, 0.15) is 5.69 Å². The molecule has 0 atom stereocenters. The summed E-state index contributed by atoms with van der Waals surface area (Å²) in [7, 11) is 1.82. The summed E-state index contributed by atoms with van der Waals surface area (Å²) in [5.74, 6) is 0. The molecule has 0 unspecified atom stereocenters. The molecular formula is C9H9FN2. The molecule has 0 bridgehead atoms. The maximum absolute atomic E-state index is 12.4. The minimum Gasteiger partial charge on any atom is -0.330 e. The maximum atomic E-state index is 12.4. The van der Waals surface area contributed by atoms with Gasteiger partial charge in [0.15, 0.2) is 0 Å². The second-order valence-corrected chi connectivity index (χ2v) is 2.74. The standard InChI is InChI=1S/C9H9FN2/c1-12-8(6-10)5-7-3-2-4-11-9(7)12/h2-5H,6H2,1H3. The molecular weight excluding hydrogens is 155 g/mol. The molecule has 0 aliphatic heterocycles. The van der Waals surface area contributed by atoms with Crippen LogP contribution in [0.4, 0.5) is 4.39 Å². The van der Waals surface area contributed by atoms with Crippen LogP contribution in [0.5, 0.6) is 0 Å². The van der Waals surface area contributed by atoms with Gasteiger partial charge in [-0.15, -0.1) is 0 Å². The number of hydrogen-bond donors (Lipinski definition) is 0. The summed E-state index contributed by atoms with van der Waals surface area (Å²) >= 11 is 0. The van der Waals surface area contributed by atoms with E-state index in [1.807, 2.05) is 25.2 Å². The first-order valence-electron chi connectivity index (χ1n) is 3.78. The summed E-state index contributed by atoms with van der Waals surface area (Å²) in [4.78, 5) is 4.15. The number of rotatable bonds is 1. The summed E-state index contributed by atoms with van der Waals surface area (Å²) in [5.41, 5.74) is 1.51.